The molecule has 0 spiro atoms. The summed E-state index contributed by atoms with van der Waals surface area (Å²) in [4.78, 5) is 9.49. The quantitative estimate of drug-likeness (QED) is 0.411. The molecule has 0 aliphatic heterocycles. The molecular formula is C20H18FN3O2. The van der Waals surface area contributed by atoms with Crippen molar-refractivity contribution in [3.63, 3.8) is 0 Å². The van der Waals surface area contributed by atoms with Crippen molar-refractivity contribution in [3.05, 3.63) is 89.4 Å². The highest BCUT2D eigenvalue weighted by Gasteiger charge is 2.04. The lowest BCUT2D eigenvalue weighted by atomic mass is 10.1. The predicted octanol–water partition coefficient (Wildman–Crippen LogP) is 4.16. The van der Waals surface area contributed by atoms with Gasteiger partial charge in [0.15, 0.2) is 5.84 Å². The smallest absolute Gasteiger partial charge is 0.219 e. The average molecular weight is 351 g/mol. The first-order valence-electron chi connectivity index (χ1n) is 8.01. The molecule has 0 radical (unpaired) electrons. The number of amidine groups is 1. The first-order valence-corrected chi connectivity index (χ1v) is 8.01. The maximum atomic E-state index is 12.9. The summed E-state index contributed by atoms with van der Waals surface area (Å²) >= 11 is 0. The summed E-state index contributed by atoms with van der Waals surface area (Å²) in [7, 11) is 0. The molecule has 0 saturated carbocycles. The van der Waals surface area contributed by atoms with Gasteiger partial charge in [-0.1, -0.05) is 29.4 Å². The number of oxime groups is 1. The Morgan fingerprint density at radius 3 is 2.54 bits per heavy atom. The first kappa shape index (κ1) is 17.4. The van der Waals surface area contributed by atoms with Crippen LogP contribution in [0, 0.1) is 12.7 Å². The van der Waals surface area contributed by atoms with E-state index in [-0.39, 0.29) is 11.7 Å². The van der Waals surface area contributed by atoms with Crippen LogP contribution in [0.2, 0.25) is 0 Å². The summed E-state index contributed by atoms with van der Waals surface area (Å²) in [6.45, 7) is 2.35. The monoisotopic (exact) mass is 351 g/mol. The Labute approximate surface area is 150 Å². The Morgan fingerprint density at radius 2 is 1.85 bits per heavy atom. The summed E-state index contributed by atoms with van der Waals surface area (Å²) in [6, 6.07) is 17.0. The molecule has 26 heavy (non-hydrogen) atoms. The third-order valence-corrected chi connectivity index (χ3v) is 3.71. The van der Waals surface area contributed by atoms with E-state index in [1.807, 2.05) is 31.2 Å². The highest BCUT2D eigenvalue weighted by Crippen LogP contribution is 2.19. The lowest BCUT2D eigenvalue weighted by Crippen LogP contribution is -2.14. The van der Waals surface area contributed by atoms with Crippen LogP contribution in [0.5, 0.6) is 11.6 Å². The lowest BCUT2D eigenvalue weighted by Gasteiger charge is -2.06. The van der Waals surface area contributed by atoms with Crippen LogP contribution >= 0.6 is 0 Å². The number of hydrogen-bond acceptors (Lipinski definition) is 4. The van der Waals surface area contributed by atoms with Gasteiger partial charge in [0.25, 0.3) is 0 Å². The van der Waals surface area contributed by atoms with E-state index in [4.69, 9.17) is 15.3 Å². The Kier molecular flexibility index (Phi) is 5.43. The van der Waals surface area contributed by atoms with Gasteiger partial charge >= 0.3 is 0 Å². The van der Waals surface area contributed by atoms with E-state index in [0.29, 0.717) is 23.8 Å². The van der Waals surface area contributed by atoms with Crippen LogP contribution in [0.1, 0.15) is 16.7 Å². The number of nitrogens with zero attached hydrogens (tertiary/aromatic N) is 2. The number of benzene rings is 2. The van der Waals surface area contributed by atoms with Gasteiger partial charge in [-0.05, 0) is 48.4 Å². The molecule has 1 heterocycles. The molecular weight excluding hydrogens is 333 g/mol. The predicted molar refractivity (Wildman–Crippen MR) is 97.4 cm³/mol. The van der Waals surface area contributed by atoms with Crippen molar-refractivity contribution in [1.82, 2.24) is 4.98 Å². The number of halogens is 1. The van der Waals surface area contributed by atoms with Gasteiger partial charge in [0, 0.05) is 17.8 Å². The van der Waals surface area contributed by atoms with Crippen LogP contribution in [0.3, 0.4) is 0 Å². The van der Waals surface area contributed by atoms with Crippen LogP contribution < -0.4 is 10.5 Å². The highest BCUT2D eigenvalue weighted by atomic mass is 19.1. The molecule has 0 aliphatic carbocycles. The van der Waals surface area contributed by atoms with Crippen molar-refractivity contribution in [3.8, 4) is 11.6 Å². The van der Waals surface area contributed by atoms with Crippen LogP contribution in [0.4, 0.5) is 4.39 Å². The molecule has 3 aromatic rings. The van der Waals surface area contributed by atoms with Crippen LogP contribution in [0.15, 0.2) is 72.0 Å². The number of aromatic nitrogens is 1. The standard InChI is InChI=1S/C20H18FN3O2/c1-14-4-2-3-5-16(14)13-25-24-20(22)15-6-11-19(23-12-15)26-18-9-7-17(21)8-10-18/h2-12H,13H2,1H3,(H2,22,24). The van der Waals surface area contributed by atoms with Crippen molar-refractivity contribution in [2.24, 2.45) is 10.9 Å². The number of nitrogens with two attached hydrogens (primary N) is 1. The lowest BCUT2D eigenvalue weighted by molar-refractivity contribution is 0.130. The molecule has 0 bridgehead atoms. The fraction of sp³-hybridized carbons (Fsp3) is 0.100. The van der Waals surface area contributed by atoms with Gasteiger partial charge in [0.05, 0.1) is 0 Å². The van der Waals surface area contributed by atoms with Gasteiger partial charge in [-0.25, -0.2) is 9.37 Å². The van der Waals surface area contributed by atoms with Gasteiger partial charge in [-0.15, -0.1) is 0 Å². The second kappa shape index (κ2) is 8.11. The molecule has 0 saturated heterocycles. The van der Waals surface area contributed by atoms with E-state index in [0.717, 1.165) is 11.1 Å². The van der Waals surface area contributed by atoms with E-state index in [1.54, 1.807) is 12.1 Å². The molecule has 1 aromatic heterocycles. The number of pyridine rings is 1. The maximum absolute atomic E-state index is 12.9. The molecule has 0 fully saturated rings. The first-order chi connectivity index (χ1) is 12.6. The third kappa shape index (κ3) is 4.57. The van der Waals surface area contributed by atoms with Crippen LogP contribution in [0.25, 0.3) is 0 Å². The van der Waals surface area contributed by atoms with Gasteiger partial charge < -0.3 is 15.3 Å². The Bertz CT molecular complexity index is 894. The van der Waals surface area contributed by atoms with Gasteiger partial charge in [0.1, 0.15) is 18.2 Å². The number of hydrogen-bond donors (Lipinski definition) is 1. The maximum Gasteiger partial charge on any atom is 0.219 e. The molecule has 6 heteroatoms. The van der Waals surface area contributed by atoms with Crippen molar-refractivity contribution < 1.29 is 14.0 Å². The van der Waals surface area contributed by atoms with Crippen LogP contribution in [-0.2, 0) is 11.4 Å². The Morgan fingerprint density at radius 1 is 1.08 bits per heavy atom. The van der Waals surface area contributed by atoms with Crippen molar-refractivity contribution in [1.29, 1.82) is 0 Å². The molecule has 0 unspecified atom stereocenters. The van der Waals surface area contributed by atoms with Gasteiger partial charge in [-0.3, -0.25) is 0 Å². The van der Waals surface area contributed by atoms with E-state index >= 15 is 0 Å². The molecule has 5 nitrogen and oxygen atoms in total. The minimum atomic E-state index is -0.324. The number of rotatable bonds is 6. The minimum Gasteiger partial charge on any atom is -0.439 e. The highest BCUT2D eigenvalue weighted by molar-refractivity contribution is 5.96. The van der Waals surface area contributed by atoms with Gasteiger partial charge in [-0.2, -0.15) is 0 Å². The Balaban J connectivity index is 1.60. The fourth-order valence-corrected chi connectivity index (χ4v) is 2.21. The van der Waals surface area contributed by atoms with E-state index < -0.39 is 0 Å². The molecule has 3 rings (SSSR count). The van der Waals surface area contributed by atoms with E-state index in [1.165, 1.54) is 30.5 Å². The van der Waals surface area contributed by atoms with Crippen LogP contribution in [-0.4, -0.2) is 10.8 Å². The summed E-state index contributed by atoms with van der Waals surface area (Å²) in [6.07, 6.45) is 1.54. The molecule has 2 aromatic carbocycles. The largest absolute Gasteiger partial charge is 0.439 e. The van der Waals surface area contributed by atoms with E-state index in [9.17, 15) is 4.39 Å². The van der Waals surface area contributed by atoms with Crippen molar-refractivity contribution >= 4 is 5.84 Å². The number of aryl methyl sites for hydroxylation is 1. The zero-order valence-electron chi connectivity index (χ0n) is 14.2. The summed E-state index contributed by atoms with van der Waals surface area (Å²) in [5.74, 6) is 0.763. The van der Waals surface area contributed by atoms with Crippen molar-refractivity contribution in [2.45, 2.75) is 13.5 Å². The molecule has 0 atom stereocenters. The normalized spacial score (nSPS) is 11.2. The second-order valence-electron chi connectivity index (χ2n) is 5.62. The zero-order chi connectivity index (χ0) is 18.4. The van der Waals surface area contributed by atoms with Crippen molar-refractivity contribution in [2.75, 3.05) is 0 Å². The molecule has 132 valence electrons. The average Bonchev–Trinajstić information content (AvgIpc) is 2.66. The SMILES string of the molecule is Cc1ccccc1CON=C(N)c1ccc(Oc2ccc(F)cc2)nc1. The summed E-state index contributed by atoms with van der Waals surface area (Å²) in [5, 5.41) is 3.93. The molecule has 0 aliphatic rings. The van der Waals surface area contributed by atoms with E-state index in [2.05, 4.69) is 10.1 Å². The summed E-state index contributed by atoms with van der Waals surface area (Å²) < 4.78 is 18.4. The third-order valence-electron chi connectivity index (χ3n) is 3.71. The second-order valence-corrected chi connectivity index (χ2v) is 5.62. The topological polar surface area (TPSA) is 69.7 Å². The molecule has 2 N–H and O–H groups in total. The molecule has 0 amide bonds. The summed E-state index contributed by atoms with van der Waals surface area (Å²) in [5.41, 5.74) is 8.71. The zero-order valence-corrected chi connectivity index (χ0v) is 14.2. The number of ether oxygens (including phenoxy) is 1. The minimum absolute atomic E-state index is 0.222. The fourth-order valence-electron chi connectivity index (χ4n) is 2.21. The Hall–Kier alpha value is -3.41. The van der Waals surface area contributed by atoms with Gasteiger partial charge in [0.2, 0.25) is 5.88 Å².